The third-order valence-electron chi connectivity index (χ3n) is 6.96. The molecule has 0 fully saturated rings. The zero-order valence-corrected chi connectivity index (χ0v) is 20.6. The number of amides is 1. The predicted molar refractivity (Wildman–Crippen MR) is 147 cm³/mol. The van der Waals surface area contributed by atoms with Crippen LogP contribution in [0, 0.1) is 5.92 Å². The average molecular weight is 477 g/mol. The van der Waals surface area contributed by atoms with Gasteiger partial charge in [0.25, 0.3) is 0 Å². The molecule has 5 heteroatoms. The van der Waals surface area contributed by atoms with Gasteiger partial charge in [-0.25, -0.2) is 4.98 Å². The van der Waals surface area contributed by atoms with E-state index in [2.05, 4.69) is 106 Å². The van der Waals surface area contributed by atoms with E-state index in [1.165, 1.54) is 32.7 Å². The van der Waals surface area contributed by atoms with E-state index in [1.807, 2.05) is 6.20 Å². The Balaban J connectivity index is 1.43. The first-order chi connectivity index (χ1) is 17.7. The van der Waals surface area contributed by atoms with E-state index in [4.69, 9.17) is 0 Å². The number of hydrogen-bond donors (Lipinski definition) is 3. The first-order valence-corrected chi connectivity index (χ1v) is 12.6. The highest BCUT2D eigenvalue weighted by atomic mass is 16.2. The van der Waals surface area contributed by atoms with Crippen molar-refractivity contribution in [1.82, 2.24) is 20.6 Å². The molecule has 1 heterocycles. The van der Waals surface area contributed by atoms with Crippen LogP contribution >= 0.6 is 0 Å². The quantitative estimate of drug-likeness (QED) is 0.264. The number of imidazole rings is 1. The Kier molecular flexibility index (Phi) is 7.39. The summed E-state index contributed by atoms with van der Waals surface area (Å²) < 4.78 is 0. The van der Waals surface area contributed by atoms with Gasteiger partial charge in [-0.15, -0.1) is 0 Å². The Bertz CT molecular complexity index is 1350. The molecule has 5 aromatic rings. The van der Waals surface area contributed by atoms with Crippen molar-refractivity contribution in [3.8, 4) is 0 Å². The van der Waals surface area contributed by atoms with Crippen molar-refractivity contribution in [1.29, 1.82) is 0 Å². The normalized spacial score (nSPS) is 12.3. The monoisotopic (exact) mass is 476 g/mol. The summed E-state index contributed by atoms with van der Waals surface area (Å²) in [4.78, 5) is 20.0. The van der Waals surface area contributed by atoms with Gasteiger partial charge in [-0.05, 0) is 58.0 Å². The van der Waals surface area contributed by atoms with Gasteiger partial charge >= 0.3 is 0 Å². The van der Waals surface area contributed by atoms with E-state index >= 15 is 0 Å². The highest BCUT2D eigenvalue weighted by molar-refractivity contribution is 5.86. The summed E-state index contributed by atoms with van der Waals surface area (Å²) in [6.07, 6.45) is 5.88. The van der Waals surface area contributed by atoms with E-state index in [0.29, 0.717) is 12.3 Å². The van der Waals surface area contributed by atoms with Gasteiger partial charge < -0.3 is 15.6 Å². The molecule has 0 saturated heterocycles. The van der Waals surface area contributed by atoms with Crippen LogP contribution in [0.5, 0.6) is 0 Å². The zero-order chi connectivity index (χ0) is 24.7. The van der Waals surface area contributed by atoms with Crippen LogP contribution in [0.4, 0.5) is 0 Å². The Labute approximate surface area is 212 Å². The fourth-order valence-electron chi connectivity index (χ4n) is 5.13. The number of nitrogens with zero attached hydrogens (tertiary/aromatic N) is 1. The van der Waals surface area contributed by atoms with Gasteiger partial charge in [-0.2, -0.15) is 0 Å². The molecular weight excluding hydrogens is 444 g/mol. The molecule has 5 rings (SSSR count). The summed E-state index contributed by atoms with van der Waals surface area (Å²) in [6.45, 7) is 0.717. The summed E-state index contributed by atoms with van der Waals surface area (Å²) in [6, 6.07) is 29.9. The number of H-pyrrole nitrogens is 1. The van der Waals surface area contributed by atoms with Crippen molar-refractivity contribution in [3.05, 3.63) is 114 Å². The number of carbonyl (C=O) groups excluding carboxylic acids is 1. The van der Waals surface area contributed by atoms with Crippen LogP contribution < -0.4 is 10.6 Å². The third kappa shape index (κ3) is 5.47. The number of hydrogen-bond acceptors (Lipinski definition) is 3. The zero-order valence-electron chi connectivity index (χ0n) is 20.6. The third-order valence-corrected chi connectivity index (χ3v) is 6.96. The number of aromatic nitrogens is 2. The van der Waals surface area contributed by atoms with Crippen LogP contribution in [-0.2, 0) is 24.1 Å². The maximum Gasteiger partial charge on any atom is 0.237 e. The van der Waals surface area contributed by atoms with Crippen molar-refractivity contribution in [2.24, 2.45) is 5.92 Å². The molecule has 1 amide bonds. The number of likely N-dealkylation sites (N-methyl/N-ethyl adjacent to an activating group) is 1. The van der Waals surface area contributed by atoms with E-state index in [0.717, 1.165) is 25.1 Å². The number of nitrogens with one attached hydrogen (secondary N) is 3. The number of rotatable bonds is 10. The van der Waals surface area contributed by atoms with Gasteiger partial charge in [0, 0.05) is 19.7 Å². The lowest BCUT2D eigenvalue weighted by atomic mass is 9.88. The molecule has 3 N–H and O–H groups in total. The largest absolute Gasteiger partial charge is 0.358 e. The minimum absolute atomic E-state index is 0.0212. The number of fused-ring (bicyclic) bond motifs is 2. The van der Waals surface area contributed by atoms with Crippen molar-refractivity contribution in [3.63, 3.8) is 0 Å². The average Bonchev–Trinajstić information content (AvgIpc) is 3.44. The number of benzene rings is 4. The smallest absolute Gasteiger partial charge is 0.237 e. The van der Waals surface area contributed by atoms with Crippen LogP contribution in [0.3, 0.4) is 0 Å². The summed E-state index contributed by atoms with van der Waals surface area (Å²) in [5.41, 5.74) is 3.55. The van der Waals surface area contributed by atoms with E-state index < -0.39 is 0 Å². The van der Waals surface area contributed by atoms with Gasteiger partial charge in [0.05, 0.1) is 18.1 Å². The molecule has 36 heavy (non-hydrogen) atoms. The maximum atomic E-state index is 12.7. The van der Waals surface area contributed by atoms with Gasteiger partial charge in [-0.3, -0.25) is 4.79 Å². The number of aromatic amines is 1. The van der Waals surface area contributed by atoms with Gasteiger partial charge in [-0.1, -0.05) is 84.9 Å². The van der Waals surface area contributed by atoms with Crippen LogP contribution in [0.1, 0.15) is 16.8 Å². The molecule has 5 nitrogen and oxygen atoms in total. The van der Waals surface area contributed by atoms with Crippen LogP contribution in [0.15, 0.2) is 97.5 Å². The van der Waals surface area contributed by atoms with Crippen molar-refractivity contribution >= 4 is 27.5 Å². The highest BCUT2D eigenvalue weighted by Gasteiger charge is 2.21. The molecule has 182 valence electrons. The second kappa shape index (κ2) is 11.2. The lowest BCUT2D eigenvalue weighted by molar-refractivity contribution is -0.122. The maximum absolute atomic E-state index is 12.7. The van der Waals surface area contributed by atoms with Crippen molar-refractivity contribution < 1.29 is 4.79 Å². The molecule has 0 saturated carbocycles. The Morgan fingerprint density at radius 1 is 0.806 bits per heavy atom. The fourth-order valence-corrected chi connectivity index (χ4v) is 5.13. The fraction of sp³-hybridized carbons (Fsp3) is 0.226. The standard InChI is InChI=1S/C31H32N4O/c1-32-31(36)30(18-27-20-33-21-35-27)34-19-22(16-25-12-6-10-23-8-2-4-14-28(23)25)17-26-13-7-11-24-9-3-5-15-29(24)26/h2-15,20-22,30,34H,16-19H2,1H3,(H,32,36)(H,33,35). The summed E-state index contributed by atoms with van der Waals surface area (Å²) >= 11 is 0. The molecular formula is C31H32N4O. The second-order valence-electron chi connectivity index (χ2n) is 9.39. The topological polar surface area (TPSA) is 69.8 Å². The molecule has 0 spiro atoms. The van der Waals surface area contributed by atoms with Crippen LogP contribution in [0.2, 0.25) is 0 Å². The van der Waals surface area contributed by atoms with Gasteiger partial charge in [0.15, 0.2) is 0 Å². The van der Waals surface area contributed by atoms with E-state index in [9.17, 15) is 4.79 Å². The first kappa shape index (κ1) is 23.8. The molecule has 4 aromatic carbocycles. The molecule has 0 radical (unpaired) electrons. The molecule has 0 aliphatic carbocycles. The number of carbonyl (C=O) groups is 1. The predicted octanol–water partition coefficient (Wildman–Crippen LogP) is 5.06. The van der Waals surface area contributed by atoms with Crippen LogP contribution in [-0.4, -0.2) is 35.5 Å². The first-order valence-electron chi connectivity index (χ1n) is 12.6. The summed E-state index contributed by atoms with van der Waals surface area (Å²) in [7, 11) is 1.69. The molecule has 1 unspecified atom stereocenters. The Morgan fingerprint density at radius 2 is 1.39 bits per heavy atom. The van der Waals surface area contributed by atoms with Crippen molar-refractivity contribution in [2.75, 3.05) is 13.6 Å². The lowest BCUT2D eigenvalue weighted by Crippen LogP contribution is -2.46. The van der Waals surface area contributed by atoms with E-state index in [1.54, 1.807) is 13.4 Å². The highest BCUT2D eigenvalue weighted by Crippen LogP contribution is 2.26. The summed E-state index contributed by atoms with van der Waals surface area (Å²) in [5, 5.41) is 11.5. The molecule has 0 aliphatic rings. The minimum Gasteiger partial charge on any atom is -0.358 e. The lowest BCUT2D eigenvalue weighted by Gasteiger charge is -2.23. The van der Waals surface area contributed by atoms with Crippen LogP contribution in [0.25, 0.3) is 21.5 Å². The minimum atomic E-state index is -0.346. The van der Waals surface area contributed by atoms with E-state index in [-0.39, 0.29) is 11.9 Å². The van der Waals surface area contributed by atoms with Gasteiger partial charge in [0.2, 0.25) is 5.91 Å². The Morgan fingerprint density at radius 3 is 1.94 bits per heavy atom. The second-order valence-corrected chi connectivity index (χ2v) is 9.39. The SMILES string of the molecule is CNC(=O)C(Cc1c[nH]cn1)NCC(Cc1cccc2ccccc12)Cc1cccc2ccccc12. The molecule has 0 aliphatic heterocycles. The molecule has 0 bridgehead atoms. The Hall–Kier alpha value is -3.96. The molecule has 1 atom stereocenters. The van der Waals surface area contributed by atoms with Gasteiger partial charge in [0.1, 0.15) is 0 Å². The van der Waals surface area contributed by atoms with Crippen molar-refractivity contribution in [2.45, 2.75) is 25.3 Å². The molecule has 1 aromatic heterocycles. The summed E-state index contributed by atoms with van der Waals surface area (Å²) in [5.74, 6) is 0.278.